The summed E-state index contributed by atoms with van der Waals surface area (Å²) in [5.41, 5.74) is 0. The van der Waals surface area contributed by atoms with E-state index in [4.69, 9.17) is 0 Å². The molecule has 0 N–H and O–H groups in total. The molecule has 108 valence electrons. The summed E-state index contributed by atoms with van der Waals surface area (Å²) in [6, 6.07) is 0. The molecule has 0 amide bonds. The summed E-state index contributed by atoms with van der Waals surface area (Å²) in [5.74, 6) is -1.58. The van der Waals surface area contributed by atoms with E-state index in [9.17, 15) is 24.2 Å². The van der Waals surface area contributed by atoms with Gasteiger partial charge in [-0.2, -0.15) is 19.4 Å². The monoisotopic (exact) mass is 366 g/mol. The highest BCUT2D eigenvalue weighted by atomic mass is 32.3. The van der Waals surface area contributed by atoms with Gasteiger partial charge in [0.05, 0.1) is 67.3 Å². The van der Waals surface area contributed by atoms with Gasteiger partial charge in [-0.05, 0) is 6.42 Å². The van der Waals surface area contributed by atoms with Gasteiger partial charge in [-0.3, -0.25) is 0 Å². The van der Waals surface area contributed by atoms with Crippen LogP contribution in [0, 0.1) is 0 Å². The third kappa shape index (κ3) is 3.49. The maximum Gasteiger partial charge on any atom is 0.341 e. The van der Waals surface area contributed by atoms with Crippen LogP contribution in [-0.4, -0.2) is 20.1 Å². The first-order chi connectivity index (χ1) is 8.53. The summed E-state index contributed by atoms with van der Waals surface area (Å²) in [7, 11) is 0. The first-order valence-electron chi connectivity index (χ1n) is 4.20. The number of hydrogen-bond donors (Lipinski definition) is 0. The standard InChI is InChI=1S/C6H7F5O2S5/c1-2-3-13-4(12)5(14-7,15-8)6(16-9,17-10)18-11/h2-3H2,1H3. The molecule has 0 atom stereocenters. The topological polar surface area (TPSA) is 26.3 Å². The van der Waals surface area contributed by atoms with E-state index in [0.29, 0.717) is 6.42 Å². The molecular formula is C6H7F5O2S5. The van der Waals surface area contributed by atoms with Crippen molar-refractivity contribution in [3.8, 4) is 0 Å². The van der Waals surface area contributed by atoms with Crippen molar-refractivity contribution >= 4 is 66.7 Å². The number of carbonyl (C=O) groups excluding carboxylic acids is 1. The molecule has 0 unspecified atom stereocenters. The Hall–Kier alpha value is 0.870. The molecule has 0 aromatic rings. The van der Waals surface area contributed by atoms with Crippen molar-refractivity contribution in [2.75, 3.05) is 6.61 Å². The van der Waals surface area contributed by atoms with E-state index >= 15 is 0 Å². The SMILES string of the molecule is CCCOC(=O)C(SF)(SF)C(SF)(SF)SF. The molecule has 0 aliphatic heterocycles. The predicted molar refractivity (Wildman–Crippen MR) is 70.2 cm³/mol. The van der Waals surface area contributed by atoms with E-state index in [-0.39, 0.29) is 6.61 Å². The summed E-state index contributed by atoms with van der Waals surface area (Å²) in [6.45, 7) is 1.40. The second kappa shape index (κ2) is 8.93. The van der Waals surface area contributed by atoms with Crippen LogP contribution in [0.3, 0.4) is 0 Å². The summed E-state index contributed by atoms with van der Waals surface area (Å²) < 4.78 is 62.2. The van der Waals surface area contributed by atoms with Crippen LogP contribution in [0.1, 0.15) is 13.3 Å². The molecule has 18 heavy (non-hydrogen) atoms. The van der Waals surface area contributed by atoms with Crippen molar-refractivity contribution in [1.82, 2.24) is 0 Å². The summed E-state index contributed by atoms with van der Waals surface area (Å²) in [4.78, 5) is 11.5. The fourth-order valence-electron chi connectivity index (χ4n) is 0.772. The van der Waals surface area contributed by atoms with Crippen molar-refractivity contribution in [3.63, 3.8) is 0 Å². The zero-order valence-electron chi connectivity index (χ0n) is 8.66. The molecule has 0 radical (unpaired) electrons. The summed E-state index contributed by atoms with van der Waals surface area (Å²) in [5, 5.41) is 0. The number of hydrogen-bond acceptors (Lipinski definition) is 7. The lowest BCUT2D eigenvalue weighted by Crippen LogP contribution is -2.47. The van der Waals surface area contributed by atoms with Gasteiger partial charge in [-0.1, -0.05) is 6.92 Å². The Morgan fingerprint density at radius 2 is 1.44 bits per heavy atom. The van der Waals surface area contributed by atoms with E-state index in [2.05, 4.69) is 4.74 Å². The molecule has 0 aromatic heterocycles. The number of halogens is 5. The first-order valence-corrected chi connectivity index (χ1v) is 7.78. The van der Waals surface area contributed by atoms with E-state index in [1.54, 1.807) is 6.92 Å². The average Bonchev–Trinajstić information content (AvgIpc) is 2.42. The van der Waals surface area contributed by atoms with Crippen LogP contribution in [0.5, 0.6) is 0 Å². The molecular weight excluding hydrogens is 359 g/mol. The van der Waals surface area contributed by atoms with E-state index < -0.39 is 74.2 Å². The first kappa shape index (κ1) is 18.9. The Labute approximate surface area is 123 Å². The van der Waals surface area contributed by atoms with Gasteiger partial charge < -0.3 is 4.74 Å². The van der Waals surface area contributed by atoms with Gasteiger partial charge in [0, 0.05) is 0 Å². The molecule has 0 aliphatic rings. The molecule has 0 rings (SSSR count). The molecule has 12 heteroatoms. The normalized spacial score (nSPS) is 12.6. The Morgan fingerprint density at radius 1 is 1.00 bits per heavy atom. The van der Waals surface area contributed by atoms with E-state index in [0.717, 1.165) is 0 Å². The third-order valence-corrected chi connectivity index (χ3v) is 6.83. The molecule has 0 aromatic carbocycles. The maximum atomic E-state index is 12.9. The van der Waals surface area contributed by atoms with Crippen molar-refractivity contribution in [3.05, 3.63) is 0 Å². The average molecular weight is 366 g/mol. The highest BCUT2D eigenvalue weighted by molar-refractivity contribution is 8.33. The molecule has 0 heterocycles. The fourth-order valence-corrected chi connectivity index (χ4v) is 3.27. The molecule has 0 fully saturated rings. The minimum Gasteiger partial charge on any atom is -0.464 e. The van der Waals surface area contributed by atoms with Crippen molar-refractivity contribution < 1.29 is 29.0 Å². The van der Waals surface area contributed by atoms with Gasteiger partial charge in [-0.15, -0.1) is 0 Å². The van der Waals surface area contributed by atoms with Crippen molar-refractivity contribution in [1.29, 1.82) is 0 Å². The molecule has 0 saturated carbocycles. The van der Waals surface area contributed by atoms with Crippen molar-refractivity contribution in [2.24, 2.45) is 0 Å². The molecule has 0 aliphatic carbocycles. The minimum absolute atomic E-state index is 0.206. The number of ether oxygens (including phenoxy) is 1. The van der Waals surface area contributed by atoms with Crippen LogP contribution in [-0.2, 0) is 9.53 Å². The van der Waals surface area contributed by atoms with Crippen LogP contribution >= 0.6 is 60.7 Å². The molecule has 0 bridgehead atoms. The highest BCUT2D eigenvalue weighted by Crippen LogP contribution is 2.65. The zero-order valence-corrected chi connectivity index (χ0v) is 12.7. The van der Waals surface area contributed by atoms with Crippen molar-refractivity contribution in [2.45, 2.75) is 20.8 Å². The lowest BCUT2D eigenvalue weighted by Gasteiger charge is -2.33. The van der Waals surface area contributed by atoms with Gasteiger partial charge in [0.2, 0.25) is 3.41 Å². The van der Waals surface area contributed by atoms with Crippen LogP contribution in [0.15, 0.2) is 0 Å². The van der Waals surface area contributed by atoms with Gasteiger partial charge in [0.25, 0.3) is 4.08 Å². The lowest BCUT2D eigenvalue weighted by molar-refractivity contribution is -0.143. The minimum atomic E-state index is -3.04. The van der Waals surface area contributed by atoms with Gasteiger partial charge in [0.15, 0.2) is 0 Å². The molecule has 0 spiro atoms. The maximum absolute atomic E-state index is 12.9. The van der Waals surface area contributed by atoms with Gasteiger partial charge in [0.1, 0.15) is 0 Å². The van der Waals surface area contributed by atoms with Crippen LogP contribution in [0.25, 0.3) is 0 Å². The lowest BCUT2D eigenvalue weighted by atomic mass is 10.4. The quantitative estimate of drug-likeness (QED) is 0.307. The van der Waals surface area contributed by atoms with Gasteiger partial charge >= 0.3 is 5.97 Å². The number of rotatable bonds is 9. The summed E-state index contributed by atoms with van der Waals surface area (Å²) >= 11 is -5.06. The fraction of sp³-hybridized carbons (Fsp3) is 0.833. The Kier molecular flexibility index (Phi) is 9.36. The highest BCUT2D eigenvalue weighted by Gasteiger charge is 2.67. The Morgan fingerprint density at radius 3 is 1.72 bits per heavy atom. The second-order valence-electron chi connectivity index (χ2n) is 2.69. The number of carbonyl (C=O) groups is 1. The zero-order chi connectivity index (χ0) is 14.2. The summed E-state index contributed by atoms with van der Waals surface area (Å²) in [6.07, 6.45) is 0.330. The smallest absolute Gasteiger partial charge is 0.341 e. The van der Waals surface area contributed by atoms with E-state index in [1.807, 2.05) is 0 Å². The largest absolute Gasteiger partial charge is 0.464 e. The van der Waals surface area contributed by atoms with E-state index in [1.165, 1.54) is 0 Å². The second-order valence-corrected chi connectivity index (χ2v) is 7.56. The van der Waals surface area contributed by atoms with Crippen LogP contribution < -0.4 is 0 Å². The Bertz CT molecular complexity index is 254. The van der Waals surface area contributed by atoms with Crippen LogP contribution in [0.2, 0.25) is 0 Å². The Balaban J connectivity index is 5.40. The predicted octanol–water partition coefficient (Wildman–Crippen LogP) is 5.38. The van der Waals surface area contributed by atoms with Crippen LogP contribution in [0.4, 0.5) is 19.4 Å². The molecule has 2 nitrogen and oxygen atoms in total. The van der Waals surface area contributed by atoms with Gasteiger partial charge in [-0.25, -0.2) is 4.79 Å². The number of esters is 1. The third-order valence-electron chi connectivity index (χ3n) is 1.63. The molecule has 0 saturated heterocycles.